The van der Waals surface area contributed by atoms with E-state index < -0.39 is 15.9 Å². The summed E-state index contributed by atoms with van der Waals surface area (Å²) in [5, 5.41) is 6.35. The van der Waals surface area contributed by atoms with Crippen LogP contribution >= 0.6 is 0 Å². The molecule has 1 aromatic heterocycles. The fourth-order valence-electron chi connectivity index (χ4n) is 3.05. The number of carbonyl (C=O) groups is 2. The standard InChI is InChI=1S/C20H22N4O4S/c1-4-24-10-9-14-11-15(6-8-19(14)24)22-20(26)17-12-16(21-13(2)25)5-7-18(17)23-29(3,27)28/h5-12,23H,4H2,1-3H3,(H,21,25)(H,22,26). The van der Waals surface area contributed by atoms with E-state index in [0.29, 0.717) is 11.4 Å². The highest BCUT2D eigenvalue weighted by Gasteiger charge is 2.16. The molecule has 1 heterocycles. The summed E-state index contributed by atoms with van der Waals surface area (Å²) in [6, 6.07) is 11.9. The molecule has 0 aliphatic rings. The first-order valence-corrected chi connectivity index (χ1v) is 10.8. The zero-order valence-electron chi connectivity index (χ0n) is 16.3. The average molecular weight is 414 g/mol. The number of nitrogens with zero attached hydrogens (tertiary/aromatic N) is 1. The average Bonchev–Trinajstić information content (AvgIpc) is 3.03. The van der Waals surface area contributed by atoms with E-state index in [1.165, 1.54) is 25.1 Å². The summed E-state index contributed by atoms with van der Waals surface area (Å²) in [5.41, 5.74) is 2.23. The highest BCUT2D eigenvalue weighted by molar-refractivity contribution is 7.92. The normalized spacial score (nSPS) is 11.3. The summed E-state index contributed by atoms with van der Waals surface area (Å²) < 4.78 is 27.7. The maximum Gasteiger partial charge on any atom is 0.257 e. The van der Waals surface area contributed by atoms with Gasteiger partial charge >= 0.3 is 0 Å². The summed E-state index contributed by atoms with van der Waals surface area (Å²) in [4.78, 5) is 24.2. The quantitative estimate of drug-likeness (QED) is 0.575. The summed E-state index contributed by atoms with van der Waals surface area (Å²) in [7, 11) is -3.59. The second-order valence-corrected chi connectivity index (χ2v) is 8.39. The molecule has 8 nitrogen and oxygen atoms in total. The Morgan fingerprint density at radius 1 is 1.00 bits per heavy atom. The Morgan fingerprint density at radius 2 is 1.69 bits per heavy atom. The first-order chi connectivity index (χ1) is 13.7. The fraction of sp³-hybridized carbons (Fsp3) is 0.200. The van der Waals surface area contributed by atoms with Gasteiger partial charge in [-0.25, -0.2) is 8.42 Å². The molecule has 0 unspecified atom stereocenters. The molecule has 0 radical (unpaired) electrons. The lowest BCUT2D eigenvalue weighted by molar-refractivity contribution is -0.114. The van der Waals surface area contributed by atoms with Crippen LogP contribution < -0.4 is 15.4 Å². The second-order valence-electron chi connectivity index (χ2n) is 6.65. The van der Waals surface area contributed by atoms with E-state index in [2.05, 4.69) is 19.9 Å². The van der Waals surface area contributed by atoms with Crippen LogP contribution in [0.2, 0.25) is 0 Å². The number of benzene rings is 2. The monoisotopic (exact) mass is 414 g/mol. The van der Waals surface area contributed by atoms with Crippen molar-refractivity contribution in [1.29, 1.82) is 0 Å². The van der Waals surface area contributed by atoms with Crippen LogP contribution in [-0.4, -0.2) is 31.1 Å². The summed E-state index contributed by atoms with van der Waals surface area (Å²) >= 11 is 0. The molecule has 0 atom stereocenters. The van der Waals surface area contributed by atoms with Gasteiger partial charge in [0.25, 0.3) is 5.91 Å². The third-order valence-electron chi connectivity index (χ3n) is 4.25. The molecular weight excluding hydrogens is 392 g/mol. The molecule has 3 N–H and O–H groups in total. The lowest BCUT2D eigenvalue weighted by atomic mass is 10.1. The summed E-state index contributed by atoms with van der Waals surface area (Å²) in [6.07, 6.45) is 2.98. The van der Waals surface area contributed by atoms with Gasteiger partial charge in [-0.3, -0.25) is 14.3 Å². The fourth-order valence-corrected chi connectivity index (χ4v) is 3.63. The number of rotatable bonds is 6. The molecule has 2 amide bonds. The van der Waals surface area contributed by atoms with Crippen LogP contribution in [-0.2, 0) is 21.4 Å². The van der Waals surface area contributed by atoms with Crippen molar-refractivity contribution in [3.8, 4) is 0 Å². The predicted octanol–water partition coefficient (Wildman–Crippen LogP) is 3.24. The maximum absolute atomic E-state index is 12.9. The first kappa shape index (κ1) is 20.4. The highest BCUT2D eigenvalue weighted by Crippen LogP contribution is 2.25. The summed E-state index contributed by atoms with van der Waals surface area (Å²) in [5.74, 6) is -0.802. The van der Waals surface area contributed by atoms with E-state index in [1.54, 1.807) is 6.07 Å². The second kappa shape index (κ2) is 7.96. The molecule has 29 heavy (non-hydrogen) atoms. The highest BCUT2D eigenvalue weighted by atomic mass is 32.2. The number of nitrogens with one attached hydrogen (secondary N) is 3. The van der Waals surface area contributed by atoms with Crippen LogP contribution in [0.3, 0.4) is 0 Å². The molecule has 3 rings (SSSR count). The van der Waals surface area contributed by atoms with Crippen molar-refractivity contribution < 1.29 is 18.0 Å². The maximum atomic E-state index is 12.9. The molecule has 0 saturated heterocycles. The lowest BCUT2D eigenvalue weighted by Crippen LogP contribution is -2.18. The Bertz CT molecular complexity index is 1200. The number of aryl methyl sites for hydroxylation is 1. The minimum absolute atomic E-state index is 0.0906. The molecule has 0 aliphatic heterocycles. The van der Waals surface area contributed by atoms with Crippen molar-refractivity contribution >= 4 is 49.8 Å². The van der Waals surface area contributed by atoms with Crippen LogP contribution in [0.25, 0.3) is 10.9 Å². The first-order valence-electron chi connectivity index (χ1n) is 8.96. The molecular formula is C20H22N4O4S. The number of hydrogen-bond acceptors (Lipinski definition) is 4. The molecule has 0 fully saturated rings. The van der Waals surface area contributed by atoms with Gasteiger partial charge in [0.1, 0.15) is 0 Å². The summed E-state index contributed by atoms with van der Waals surface area (Å²) in [6.45, 7) is 4.24. The van der Waals surface area contributed by atoms with Crippen LogP contribution in [0.15, 0.2) is 48.7 Å². The zero-order chi connectivity index (χ0) is 21.2. The molecule has 152 valence electrons. The van der Waals surface area contributed by atoms with Crippen LogP contribution in [0.5, 0.6) is 0 Å². The number of carbonyl (C=O) groups excluding carboxylic acids is 2. The number of fused-ring (bicyclic) bond motifs is 1. The Hall–Kier alpha value is -3.33. The van der Waals surface area contributed by atoms with Gasteiger partial charge < -0.3 is 15.2 Å². The Balaban J connectivity index is 1.94. The van der Waals surface area contributed by atoms with Crippen molar-refractivity contribution in [1.82, 2.24) is 4.57 Å². The van der Waals surface area contributed by atoms with Gasteiger partial charge in [-0.1, -0.05) is 0 Å². The number of anilines is 3. The smallest absolute Gasteiger partial charge is 0.257 e. The van der Waals surface area contributed by atoms with Crippen molar-refractivity contribution in [3.05, 3.63) is 54.2 Å². The van der Waals surface area contributed by atoms with Crippen molar-refractivity contribution in [2.45, 2.75) is 20.4 Å². The predicted molar refractivity (Wildman–Crippen MR) is 115 cm³/mol. The molecule has 3 aromatic rings. The van der Waals surface area contributed by atoms with Gasteiger partial charge in [0.15, 0.2) is 0 Å². The van der Waals surface area contributed by atoms with E-state index in [-0.39, 0.29) is 17.2 Å². The van der Waals surface area contributed by atoms with Crippen molar-refractivity contribution in [2.24, 2.45) is 0 Å². The van der Waals surface area contributed by atoms with E-state index in [1.807, 2.05) is 31.3 Å². The van der Waals surface area contributed by atoms with Gasteiger partial charge in [-0.2, -0.15) is 0 Å². The Kier molecular flexibility index (Phi) is 5.60. The lowest BCUT2D eigenvalue weighted by Gasteiger charge is -2.13. The van der Waals surface area contributed by atoms with E-state index in [0.717, 1.165) is 23.7 Å². The minimum Gasteiger partial charge on any atom is -0.348 e. The van der Waals surface area contributed by atoms with Gasteiger partial charge in [0, 0.05) is 41.9 Å². The van der Waals surface area contributed by atoms with Gasteiger partial charge in [0.05, 0.1) is 17.5 Å². The Labute approximate surface area is 169 Å². The van der Waals surface area contributed by atoms with E-state index in [4.69, 9.17) is 0 Å². The van der Waals surface area contributed by atoms with Crippen LogP contribution in [0.4, 0.5) is 17.1 Å². The molecule has 0 aliphatic carbocycles. The number of hydrogen-bond donors (Lipinski definition) is 3. The molecule has 0 spiro atoms. The van der Waals surface area contributed by atoms with Crippen molar-refractivity contribution in [3.63, 3.8) is 0 Å². The van der Waals surface area contributed by atoms with Gasteiger partial charge in [-0.05, 0) is 49.4 Å². The minimum atomic E-state index is -3.59. The third-order valence-corrected chi connectivity index (χ3v) is 4.84. The van der Waals surface area contributed by atoms with Crippen LogP contribution in [0.1, 0.15) is 24.2 Å². The van der Waals surface area contributed by atoms with E-state index in [9.17, 15) is 18.0 Å². The molecule has 9 heteroatoms. The zero-order valence-corrected chi connectivity index (χ0v) is 17.1. The molecule has 2 aromatic carbocycles. The third kappa shape index (κ3) is 4.94. The number of aromatic nitrogens is 1. The van der Waals surface area contributed by atoms with Crippen molar-refractivity contribution in [2.75, 3.05) is 21.6 Å². The molecule has 0 bridgehead atoms. The van der Waals surface area contributed by atoms with E-state index >= 15 is 0 Å². The largest absolute Gasteiger partial charge is 0.348 e. The molecule has 0 saturated carbocycles. The number of sulfonamides is 1. The van der Waals surface area contributed by atoms with Gasteiger partial charge in [-0.15, -0.1) is 0 Å². The van der Waals surface area contributed by atoms with Gasteiger partial charge in [0.2, 0.25) is 15.9 Å². The Morgan fingerprint density at radius 3 is 2.34 bits per heavy atom. The topological polar surface area (TPSA) is 109 Å². The van der Waals surface area contributed by atoms with Crippen LogP contribution in [0, 0.1) is 0 Å². The number of amides is 2. The SMILES string of the molecule is CCn1ccc2cc(NC(=O)c3cc(NC(C)=O)ccc3NS(C)(=O)=O)ccc21.